The van der Waals surface area contributed by atoms with Crippen LogP contribution in [0.15, 0.2) is 18.2 Å². The summed E-state index contributed by atoms with van der Waals surface area (Å²) < 4.78 is 32.9. The lowest BCUT2D eigenvalue weighted by Gasteiger charge is -2.37. The van der Waals surface area contributed by atoms with E-state index in [1.54, 1.807) is 18.2 Å². The van der Waals surface area contributed by atoms with Crippen molar-refractivity contribution in [3.8, 4) is 28.7 Å². The van der Waals surface area contributed by atoms with Gasteiger partial charge in [0.1, 0.15) is 0 Å². The Labute approximate surface area is 183 Å². The Morgan fingerprint density at radius 1 is 0.935 bits per heavy atom. The molecule has 2 heterocycles. The Balaban J connectivity index is 1.78. The molecule has 0 aromatic heterocycles. The summed E-state index contributed by atoms with van der Waals surface area (Å²) in [4.78, 5) is 12.8. The number of halogens is 1. The molecule has 2 aromatic rings. The average molecular weight is 449 g/mol. The first kappa shape index (κ1) is 20.1. The zero-order valence-corrected chi connectivity index (χ0v) is 17.9. The maximum Gasteiger partial charge on any atom is 0.310 e. The highest BCUT2D eigenvalue weighted by molar-refractivity contribution is 6.33. The molecule has 5 rings (SSSR count). The predicted molar refractivity (Wildman–Crippen MR) is 108 cm³/mol. The first-order valence-electron chi connectivity index (χ1n) is 9.76. The molecule has 0 saturated carbocycles. The minimum Gasteiger partial charge on any atom is -0.493 e. The van der Waals surface area contributed by atoms with Crippen molar-refractivity contribution in [2.75, 3.05) is 34.7 Å². The number of esters is 1. The Morgan fingerprint density at radius 3 is 2.26 bits per heavy atom. The van der Waals surface area contributed by atoms with Gasteiger partial charge in [-0.25, -0.2) is 0 Å². The largest absolute Gasteiger partial charge is 0.493 e. The van der Waals surface area contributed by atoms with Gasteiger partial charge in [-0.3, -0.25) is 4.79 Å². The van der Waals surface area contributed by atoms with Crippen LogP contribution in [-0.2, 0) is 9.53 Å². The van der Waals surface area contributed by atoms with Crippen LogP contribution in [-0.4, -0.2) is 45.8 Å². The number of fused-ring (bicyclic) bond motifs is 3. The molecule has 0 amide bonds. The van der Waals surface area contributed by atoms with Crippen LogP contribution in [0.5, 0.6) is 28.7 Å². The second-order valence-corrected chi connectivity index (χ2v) is 8.00. The van der Waals surface area contributed by atoms with Gasteiger partial charge in [0.2, 0.25) is 12.5 Å². The average Bonchev–Trinajstić information content (AvgIpc) is 3.39. The molecule has 8 nitrogen and oxygen atoms in total. The molecule has 0 spiro atoms. The summed E-state index contributed by atoms with van der Waals surface area (Å²) in [5, 5.41) is 11.4. The second-order valence-electron chi connectivity index (χ2n) is 7.63. The molecule has 3 aliphatic rings. The number of benzene rings is 2. The number of rotatable bonds is 4. The third-order valence-corrected chi connectivity index (χ3v) is 6.67. The highest BCUT2D eigenvalue weighted by Crippen LogP contribution is 2.57. The lowest BCUT2D eigenvalue weighted by atomic mass is 9.66. The number of hydrogen-bond donors (Lipinski definition) is 1. The van der Waals surface area contributed by atoms with Crippen molar-refractivity contribution in [1.82, 2.24) is 0 Å². The second kappa shape index (κ2) is 7.39. The first-order valence-corrected chi connectivity index (χ1v) is 10.1. The zero-order chi connectivity index (χ0) is 21.9. The molecule has 1 fully saturated rings. The molecule has 31 heavy (non-hydrogen) atoms. The fourth-order valence-corrected chi connectivity index (χ4v) is 5.21. The van der Waals surface area contributed by atoms with Crippen LogP contribution >= 0.6 is 11.6 Å². The van der Waals surface area contributed by atoms with E-state index >= 15 is 0 Å². The topological polar surface area (TPSA) is 92.7 Å². The predicted octanol–water partition coefficient (Wildman–Crippen LogP) is 3.06. The van der Waals surface area contributed by atoms with Crippen molar-refractivity contribution < 1.29 is 38.3 Å². The minimum absolute atomic E-state index is 0.0961. The van der Waals surface area contributed by atoms with Gasteiger partial charge in [-0.15, -0.1) is 0 Å². The molecule has 0 radical (unpaired) electrons. The fourth-order valence-electron chi connectivity index (χ4n) is 4.87. The van der Waals surface area contributed by atoms with Crippen molar-refractivity contribution in [3.63, 3.8) is 0 Å². The monoisotopic (exact) mass is 448 g/mol. The first-order chi connectivity index (χ1) is 15.0. The van der Waals surface area contributed by atoms with Crippen LogP contribution in [0.1, 0.15) is 28.7 Å². The van der Waals surface area contributed by atoms with Crippen LogP contribution < -0.4 is 23.7 Å². The summed E-state index contributed by atoms with van der Waals surface area (Å²) in [5.41, 5.74) is 1.98. The van der Waals surface area contributed by atoms with E-state index in [9.17, 15) is 9.90 Å². The Kier molecular flexibility index (Phi) is 4.79. The van der Waals surface area contributed by atoms with Crippen molar-refractivity contribution >= 4 is 17.6 Å². The molecule has 0 unspecified atom stereocenters. The van der Waals surface area contributed by atoms with Gasteiger partial charge < -0.3 is 33.5 Å². The Morgan fingerprint density at radius 2 is 1.61 bits per heavy atom. The highest BCUT2D eigenvalue weighted by Gasteiger charge is 2.53. The number of cyclic esters (lactones) is 1. The van der Waals surface area contributed by atoms with Crippen LogP contribution in [0.4, 0.5) is 0 Å². The van der Waals surface area contributed by atoms with Gasteiger partial charge in [-0.1, -0.05) is 11.6 Å². The molecule has 0 bridgehead atoms. The molecule has 164 valence electrons. The number of carbonyl (C=O) groups is 1. The van der Waals surface area contributed by atoms with Crippen molar-refractivity contribution in [2.24, 2.45) is 11.8 Å². The molecule has 1 saturated heterocycles. The van der Waals surface area contributed by atoms with E-state index in [1.165, 1.54) is 21.3 Å². The van der Waals surface area contributed by atoms with E-state index in [0.29, 0.717) is 50.5 Å². The molecule has 1 aliphatic carbocycles. The third-order valence-electron chi connectivity index (χ3n) is 6.28. The fraction of sp³-hybridized carbons (Fsp3) is 0.409. The maximum atomic E-state index is 12.8. The SMILES string of the molecule is COc1cc([C@@H]2c3cc4c(cc3[C@H](O)[C@H]3COC(=O)[C@@H]23)OCO4)c(Cl)c(OC)c1OC. The zero-order valence-electron chi connectivity index (χ0n) is 17.1. The molecule has 2 aromatic carbocycles. The number of aliphatic hydroxyl groups is 1. The summed E-state index contributed by atoms with van der Waals surface area (Å²) in [6.07, 6.45) is -0.891. The smallest absolute Gasteiger partial charge is 0.310 e. The summed E-state index contributed by atoms with van der Waals surface area (Å²) in [7, 11) is 4.49. The third kappa shape index (κ3) is 2.81. The summed E-state index contributed by atoms with van der Waals surface area (Å²) in [6, 6.07) is 5.30. The summed E-state index contributed by atoms with van der Waals surface area (Å²) in [5.74, 6) is 0.191. The van der Waals surface area contributed by atoms with Gasteiger partial charge in [-0.05, 0) is 34.9 Å². The van der Waals surface area contributed by atoms with Crippen molar-refractivity contribution in [2.45, 2.75) is 12.0 Å². The van der Waals surface area contributed by atoms with Crippen LogP contribution in [0.3, 0.4) is 0 Å². The number of carbonyl (C=O) groups excluding carboxylic acids is 1. The maximum absolute atomic E-state index is 12.8. The van der Waals surface area contributed by atoms with Crippen molar-refractivity contribution in [3.05, 3.63) is 39.9 Å². The molecule has 4 atom stereocenters. The molecule has 1 N–H and O–H groups in total. The van der Waals surface area contributed by atoms with Crippen molar-refractivity contribution in [1.29, 1.82) is 0 Å². The summed E-state index contributed by atoms with van der Waals surface area (Å²) in [6.45, 7) is 0.218. The highest BCUT2D eigenvalue weighted by atomic mass is 35.5. The summed E-state index contributed by atoms with van der Waals surface area (Å²) >= 11 is 6.78. The molecular weight excluding hydrogens is 428 g/mol. The standard InChI is InChI=1S/C22H21ClO8/c1-26-15-6-11(18(23)21(28-3)20(15)27-2)16-9-4-13-14(31-8-30-13)5-10(9)19(24)12-7-29-22(25)17(12)16/h4-6,12,16-17,19,24H,7-8H2,1-3H3/t12-,16-,17+,19-/m0/s1. The van der Waals surface area contributed by atoms with Crippen LogP contribution in [0.2, 0.25) is 5.02 Å². The van der Waals surface area contributed by atoms with Gasteiger partial charge in [-0.2, -0.15) is 0 Å². The normalized spacial score (nSPS) is 25.5. The van der Waals surface area contributed by atoms with Crippen LogP contribution in [0, 0.1) is 11.8 Å². The quantitative estimate of drug-likeness (QED) is 0.713. The number of aliphatic hydroxyl groups excluding tert-OH is 1. The van der Waals surface area contributed by atoms with E-state index in [2.05, 4.69) is 0 Å². The van der Waals surface area contributed by atoms with Gasteiger partial charge in [0.25, 0.3) is 0 Å². The Hall–Kier alpha value is -2.84. The van der Waals surface area contributed by atoms with Crippen LogP contribution in [0.25, 0.3) is 0 Å². The number of methoxy groups -OCH3 is 3. The van der Waals surface area contributed by atoms with Gasteiger partial charge in [0, 0.05) is 11.8 Å². The van der Waals surface area contributed by atoms with Gasteiger partial charge in [0.05, 0.1) is 45.0 Å². The van der Waals surface area contributed by atoms with Gasteiger partial charge in [0.15, 0.2) is 23.0 Å². The minimum atomic E-state index is -0.891. The molecule has 2 aliphatic heterocycles. The van der Waals surface area contributed by atoms with E-state index in [1.807, 2.05) is 0 Å². The van der Waals surface area contributed by atoms with Gasteiger partial charge >= 0.3 is 5.97 Å². The lowest BCUT2D eigenvalue weighted by molar-refractivity contribution is -0.141. The van der Waals surface area contributed by atoms with E-state index in [0.717, 1.165) is 0 Å². The number of ether oxygens (including phenoxy) is 6. The van der Waals surface area contributed by atoms with E-state index in [-0.39, 0.29) is 19.4 Å². The van der Waals surface area contributed by atoms with E-state index in [4.69, 9.17) is 40.0 Å². The van der Waals surface area contributed by atoms with E-state index < -0.39 is 23.9 Å². The number of hydrogen-bond acceptors (Lipinski definition) is 8. The lowest BCUT2D eigenvalue weighted by Crippen LogP contribution is -2.34. The Bertz CT molecular complexity index is 1070. The molecule has 9 heteroatoms. The molecular formula is C22H21ClO8.